The van der Waals surface area contributed by atoms with Crippen molar-refractivity contribution in [2.24, 2.45) is 0 Å². The van der Waals surface area contributed by atoms with Crippen molar-refractivity contribution in [3.8, 4) is 0 Å². The summed E-state index contributed by atoms with van der Waals surface area (Å²) in [6.45, 7) is 1.67. The molecular formula is C18H14N2O6S. The molecule has 9 heteroatoms. The summed E-state index contributed by atoms with van der Waals surface area (Å²) < 4.78 is 30.2. The van der Waals surface area contributed by atoms with Gasteiger partial charge in [0.2, 0.25) is 14.9 Å². The fourth-order valence-corrected chi connectivity index (χ4v) is 3.54. The minimum Gasteiger partial charge on any atom is -0.439 e. The summed E-state index contributed by atoms with van der Waals surface area (Å²) in [5.41, 5.74) is 0.665. The van der Waals surface area contributed by atoms with Crippen molar-refractivity contribution in [1.82, 2.24) is 0 Å². The van der Waals surface area contributed by atoms with Gasteiger partial charge in [0.1, 0.15) is 0 Å². The molecular weight excluding hydrogens is 372 g/mol. The van der Waals surface area contributed by atoms with Gasteiger partial charge in [-0.3, -0.25) is 14.9 Å². The third-order valence-electron chi connectivity index (χ3n) is 3.80. The van der Waals surface area contributed by atoms with Gasteiger partial charge in [-0.1, -0.05) is 24.3 Å². The number of hydrogen-bond donors (Lipinski definition) is 1. The van der Waals surface area contributed by atoms with Gasteiger partial charge in [-0.25, -0.2) is 8.42 Å². The quantitative estimate of drug-likeness (QED) is 0.529. The number of nitrogens with zero attached hydrogens (tertiary/aromatic N) is 1. The normalized spacial score (nSPS) is 11.1. The van der Waals surface area contributed by atoms with Crippen LogP contribution in [0, 0.1) is 17.0 Å². The van der Waals surface area contributed by atoms with Gasteiger partial charge in [0, 0.05) is 12.1 Å². The maximum Gasteiger partial charge on any atom is 0.291 e. The molecule has 27 heavy (non-hydrogen) atoms. The molecule has 0 aliphatic rings. The Balaban J connectivity index is 1.86. The van der Waals surface area contributed by atoms with Crippen molar-refractivity contribution < 1.29 is 22.6 Å². The predicted octanol–water partition coefficient (Wildman–Crippen LogP) is 3.58. The van der Waals surface area contributed by atoms with E-state index in [1.165, 1.54) is 42.5 Å². The monoisotopic (exact) mass is 386 g/mol. The molecule has 0 unspecified atom stereocenters. The Morgan fingerprint density at radius 2 is 1.78 bits per heavy atom. The molecule has 0 atom stereocenters. The van der Waals surface area contributed by atoms with E-state index in [0.717, 1.165) is 0 Å². The minimum atomic E-state index is -3.89. The molecule has 0 spiro atoms. The highest BCUT2D eigenvalue weighted by Crippen LogP contribution is 2.25. The first-order chi connectivity index (χ1) is 12.8. The zero-order chi connectivity index (χ0) is 19.6. The average Bonchev–Trinajstić information content (AvgIpc) is 3.15. The van der Waals surface area contributed by atoms with Crippen LogP contribution in [0.5, 0.6) is 0 Å². The van der Waals surface area contributed by atoms with Gasteiger partial charge in [-0.05, 0) is 36.8 Å². The van der Waals surface area contributed by atoms with E-state index in [0.29, 0.717) is 5.56 Å². The number of aryl methyl sites for hydroxylation is 1. The number of sulfone groups is 1. The Bertz CT molecular complexity index is 1120. The van der Waals surface area contributed by atoms with Crippen LogP contribution in [0.3, 0.4) is 0 Å². The molecule has 1 aromatic heterocycles. The lowest BCUT2D eigenvalue weighted by molar-refractivity contribution is -0.384. The van der Waals surface area contributed by atoms with Crippen LogP contribution >= 0.6 is 0 Å². The van der Waals surface area contributed by atoms with Crippen molar-refractivity contribution in [3.63, 3.8) is 0 Å². The number of nitrogens with one attached hydrogen (secondary N) is 1. The molecule has 0 aliphatic heterocycles. The highest BCUT2D eigenvalue weighted by atomic mass is 32.2. The molecule has 1 amide bonds. The molecule has 138 valence electrons. The molecule has 0 saturated carbocycles. The number of rotatable bonds is 5. The van der Waals surface area contributed by atoms with Crippen molar-refractivity contribution in [2.75, 3.05) is 5.32 Å². The van der Waals surface area contributed by atoms with E-state index >= 15 is 0 Å². The van der Waals surface area contributed by atoms with Crippen LogP contribution in [0.4, 0.5) is 11.4 Å². The lowest BCUT2D eigenvalue weighted by Gasteiger charge is -2.06. The maximum absolute atomic E-state index is 12.5. The first-order valence-corrected chi connectivity index (χ1v) is 9.24. The molecule has 2 aromatic carbocycles. The molecule has 3 aromatic rings. The summed E-state index contributed by atoms with van der Waals surface area (Å²) >= 11 is 0. The Labute approximate surface area is 154 Å². The van der Waals surface area contributed by atoms with Crippen molar-refractivity contribution in [2.45, 2.75) is 16.9 Å². The second-order valence-electron chi connectivity index (χ2n) is 5.65. The Kier molecular flexibility index (Phi) is 4.78. The van der Waals surface area contributed by atoms with E-state index in [1.807, 2.05) is 0 Å². The summed E-state index contributed by atoms with van der Waals surface area (Å²) in [6.07, 6.45) is 0. The lowest BCUT2D eigenvalue weighted by atomic mass is 10.2. The molecule has 0 saturated heterocycles. The van der Waals surface area contributed by atoms with E-state index in [9.17, 15) is 23.3 Å². The van der Waals surface area contributed by atoms with Gasteiger partial charge in [-0.15, -0.1) is 0 Å². The first kappa shape index (κ1) is 18.3. The summed E-state index contributed by atoms with van der Waals surface area (Å²) in [5.74, 6) is -0.941. The molecule has 0 radical (unpaired) electrons. The standard InChI is InChI=1S/C18H14N2O6S/c1-12-7-8-13(20(22)23)11-15(12)19-18(21)16-9-10-17(26-16)27(24,25)14-5-3-2-4-6-14/h2-11H,1H3,(H,19,21). The molecule has 1 N–H and O–H groups in total. The van der Waals surface area contributed by atoms with Crippen LogP contribution in [0.2, 0.25) is 0 Å². The van der Waals surface area contributed by atoms with Crippen molar-refractivity contribution >= 4 is 27.1 Å². The maximum atomic E-state index is 12.5. The fraction of sp³-hybridized carbons (Fsp3) is 0.0556. The van der Waals surface area contributed by atoms with Crippen LogP contribution in [0.1, 0.15) is 16.1 Å². The van der Waals surface area contributed by atoms with Crippen LogP contribution < -0.4 is 5.32 Å². The summed E-state index contributed by atoms with van der Waals surface area (Å²) in [4.78, 5) is 22.7. The van der Waals surface area contributed by atoms with Crippen LogP contribution in [-0.2, 0) is 9.84 Å². The van der Waals surface area contributed by atoms with E-state index in [2.05, 4.69) is 5.32 Å². The highest BCUT2D eigenvalue weighted by Gasteiger charge is 2.23. The molecule has 3 rings (SSSR count). The number of anilines is 1. The Morgan fingerprint density at radius 3 is 2.44 bits per heavy atom. The summed E-state index contributed by atoms with van der Waals surface area (Å²) in [5, 5.41) is 13.0. The number of carbonyl (C=O) groups excluding carboxylic acids is 1. The second-order valence-corrected chi connectivity index (χ2v) is 7.53. The number of non-ortho nitro benzene ring substituents is 1. The van der Waals surface area contributed by atoms with Crippen LogP contribution in [0.25, 0.3) is 0 Å². The van der Waals surface area contributed by atoms with E-state index in [4.69, 9.17) is 4.42 Å². The minimum absolute atomic E-state index is 0.0424. The highest BCUT2D eigenvalue weighted by molar-refractivity contribution is 7.91. The third-order valence-corrected chi connectivity index (χ3v) is 5.45. The zero-order valence-electron chi connectivity index (χ0n) is 14.1. The number of amides is 1. The van der Waals surface area contributed by atoms with Gasteiger partial charge >= 0.3 is 0 Å². The van der Waals surface area contributed by atoms with Crippen LogP contribution in [-0.4, -0.2) is 19.2 Å². The van der Waals surface area contributed by atoms with Gasteiger partial charge in [0.15, 0.2) is 5.76 Å². The number of benzene rings is 2. The molecule has 0 aliphatic carbocycles. The molecule has 8 nitrogen and oxygen atoms in total. The largest absolute Gasteiger partial charge is 0.439 e. The van der Waals surface area contributed by atoms with E-state index in [1.54, 1.807) is 25.1 Å². The van der Waals surface area contributed by atoms with Gasteiger partial charge < -0.3 is 9.73 Å². The fourth-order valence-electron chi connectivity index (χ4n) is 2.34. The summed E-state index contributed by atoms with van der Waals surface area (Å²) in [7, 11) is -3.89. The van der Waals surface area contributed by atoms with Gasteiger partial charge in [0.25, 0.3) is 11.6 Å². The Hall–Kier alpha value is -3.46. The predicted molar refractivity (Wildman–Crippen MR) is 96.4 cm³/mol. The van der Waals surface area contributed by atoms with Crippen molar-refractivity contribution in [3.05, 3.63) is 82.1 Å². The van der Waals surface area contributed by atoms with Gasteiger partial charge in [-0.2, -0.15) is 0 Å². The first-order valence-electron chi connectivity index (χ1n) is 7.75. The van der Waals surface area contributed by atoms with E-state index in [-0.39, 0.29) is 27.1 Å². The summed E-state index contributed by atoms with van der Waals surface area (Å²) in [6, 6.07) is 14.1. The Morgan fingerprint density at radius 1 is 1.07 bits per heavy atom. The SMILES string of the molecule is Cc1ccc([N+](=O)[O-])cc1NC(=O)c1ccc(S(=O)(=O)c2ccccc2)o1. The zero-order valence-corrected chi connectivity index (χ0v) is 14.9. The smallest absolute Gasteiger partial charge is 0.291 e. The second kappa shape index (κ2) is 7.04. The number of furan rings is 1. The molecule has 0 bridgehead atoms. The molecule has 1 heterocycles. The van der Waals surface area contributed by atoms with Gasteiger partial charge in [0.05, 0.1) is 15.5 Å². The van der Waals surface area contributed by atoms with Crippen molar-refractivity contribution in [1.29, 1.82) is 0 Å². The number of nitro groups is 1. The van der Waals surface area contributed by atoms with E-state index < -0.39 is 20.7 Å². The topological polar surface area (TPSA) is 120 Å². The molecule has 0 fully saturated rings. The average molecular weight is 386 g/mol. The third kappa shape index (κ3) is 3.72. The number of nitro benzene ring substituents is 1. The lowest BCUT2D eigenvalue weighted by Crippen LogP contribution is -2.12. The van der Waals surface area contributed by atoms with Crippen LogP contribution in [0.15, 0.2) is 75.1 Å². The number of hydrogen-bond acceptors (Lipinski definition) is 6. The number of carbonyl (C=O) groups is 1.